The highest BCUT2D eigenvalue weighted by Gasteiger charge is 2.19. The highest BCUT2D eigenvalue weighted by Crippen LogP contribution is 2.25. The number of nitrogens with one attached hydrogen (secondary N) is 1. The van der Waals surface area contributed by atoms with Crippen molar-refractivity contribution in [2.24, 2.45) is 7.05 Å². The topological polar surface area (TPSA) is 94.2 Å². The van der Waals surface area contributed by atoms with Crippen molar-refractivity contribution in [2.75, 3.05) is 4.72 Å². The van der Waals surface area contributed by atoms with E-state index in [0.29, 0.717) is 16.0 Å². The van der Waals surface area contributed by atoms with Crippen LogP contribution in [-0.2, 0) is 23.5 Å². The normalized spacial score (nSPS) is 11.8. The molecule has 0 aliphatic rings. The summed E-state index contributed by atoms with van der Waals surface area (Å²) in [4.78, 5) is 16.2. The monoisotopic (exact) mass is 437 g/mol. The first kappa shape index (κ1) is 19.3. The number of aromatic nitrogens is 2. The summed E-state index contributed by atoms with van der Waals surface area (Å²) in [5, 5.41) is 0.122. The Bertz CT molecular complexity index is 1390. The van der Waals surface area contributed by atoms with Crippen molar-refractivity contribution in [3.63, 3.8) is 0 Å². The number of benzene rings is 2. The summed E-state index contributed by atoms with van der Waals surface area (Å²) in [5.41, 5.74) is 1.15. The number of hydrogen-bond acceptors (Lipinski definition) is 6. The molecular formula is C18H13F2N3O4S2. The van der Waals surface area contributed by atoms with E-state index < -0.39 is 27.4 Å². The molecule has 0 atom stereocenters. The molecule has 4 rings (SSSR count). The van der Waals surface area contributed by atoms with Gasteiger partial charge in [0.15, 0.2) is 22.3 Å². The third-order valence-corrected chi connectivity index (χ3v) is 6.59. The van der Waals surface area contributed by atoms with Crippen LogP contribution < -0.4 is 10.5 Å². The minimum atomic E-state index is -3.96. The van der Waals surface area contributed by atoms with Crippen molar-refractivity contribution in [3.05, 3.63) is 75.2 Å². The van der Waals surface area contributed by atoms with Crippen molar-refractivity contribution >= 4 is 37.6 Å². The molecule has 4 aromatic rings. The molecule has 0 bridgehead atoms. The third kappa shape index (κ3) is 3.78. The largest absolute Gasteiger partial charge is 0.419 e. The van der Waals surface area contributed by atoms with Gasteiger partial charge in [0.05, 0.1) is 10.4 Å². The summed E-state index contributed by atoms with van der Waals surface area (Å²) in [6.07, 6.45) is 1.74. The SMILES string of the molecule is Cn1c(=O)oc2cc(S(=O)(=O)Nc3ncc(Cc4ccc(F)c(F)c4)s3)ccc21. The lowest BCUT2D eigenvalue weighted by Crippen LogP contribution is -2.12. The van der Waals surface area contributed by atoms with Gasteiger partial charge in [0.25, 0.3) is 10.0 Å². The molecule has 0 radical (unpaired) electrons. The lowest BCUT2D eigenvalue weighted by atomic mass is 10.1. The number of fused-ring (bicyclic) bond motifs is 1. The molecule has 0 amide bonds. The summed E-state index contributed by atoms with van der Waals surface area (Å²) in [6.45, 7) is 0. The molecule has 1 N–H and O–H groups in total. The Balaban J connectivity index is 1.55. The van der Waals surface area contributed by atoms with Gasteiger partial charge < -0.3 is 4.42 Å². The summed E-state index contributed by atoms with van der Waals surface area (Å²) in [7, 11) is -2.44. The standard InChI is InChI=1S/C18H13F2N3O4S2/c1-23-15-5-3-12(8-16(15)27-18(23)24)29(25,26)22-17-21-9-11(28-17)6-10-2-4-13(19)14(20)7-10/h2-5,7-9H,6H2,1H3,(H,21,22). The van der Waals surface area contributed by atoms with Crippen LogP contribution in [0.15, 0.2) is 56.7 Å². The Labute approximate surface area is 167 Å². The van der Waals surface area contributed by atoms with Crippen molar-refractivity contribution in [1.29, 1.82) is 0 Å². The first-order chi connectivity index (χ1) is 13.7. The highest BCUT2D eigenvalue weighted by atomic mass is 32.2. The number of rotatable bonds is 5. The molecular weight excluding hydrogens is 424 g/mol. The maximum atomic E-state index is 13.3. The number of thiazole rings is 1. The van der Waals surface area contributed by atoms with Crippen LogP contribution in [0.5, 0.6) is 0 Å². The van der Waals surface area contributed by atoms with Gasteiger partial charge in [-0.25, -0.2) is 27.0 Å². The van der Waals surface area contributed by atoms with Crippen molar-refractivity contribution in [1.82, 2.24) is 9.55 Å². The minimum absolute atomic E-state index is 0.0864. The van der Waals surface area contributed by atoms with Crippen LogP contribution >= 0.6 is 11.3 Å². The Morgan fingerprint density at radius 2 is 1.97 bits per heavy atom. The molecule has 2 aromatic carbocycles. The van der Waals surface area contributed by atoms with Crippen LogP contribution in [0.25, 0.3) is 11.1 Å². The Kier molecular flexibility index (Phi) is 4.71. The second-order valence-electron chi connectivity index (χ2n) is 6.22. The third-order valence-electron chi connectivity index (χ3n) is 4.21. The highest BCUT2D eigenvalue weighted by molar-refractivity contribution is 7.93. The summed E-state index contributed by atoms with van der Waals surface area (Å²) >= 11 is 1.07. The van der Waals surface area contributed by atoms with Gasteiger partial charge in [-0.15, -0.1) is 11.3 Å². The summed E-state index contributed by atoms with van der Waals surface area (Å²) in [5.74, 6) is -2.47. The molecule has 0 fully saturated rings. The molecule has 2 aromatic heterocycles. The van der Waals surface area contributed by atoms with E-state index >= 15 is 0 Å². The first-order valence-corrected chi connectivity index (χ1v) is 10.5. The van der Waals surface area contributed by atoms with Gasteiger partial charge >= 0.3 is 5.76 Å². The molecule has 29 heavy (non-hydrogen) atoms. The molecule has 11 heteroatoms. The number of aryl methyl sites for hydroxylation is 1. The molecule has 0 saturated heterocycles. The van der Waals surface area contributed by atoms with E-state index in [1.807, 2.05) is 0 Å². The molecule has 0 spiro atoms. The number of hydrogen-bond donors (Lipinski definition) is 1. The predicted molar refractivity (Wildman–Crippen MR) is 104 cm³/mol. The average Bonchev–Trinajstić information content (AvgIpc) is 3.21. The van der Waals surface area contributed by atoms with E-state index in [9.17, 15) is 22.0 Å². The van der Waals surface area contributed by atoms with E-state index in [2.05, 4.69) is 9.71 Å². The van der Waals surface area contributed by atoms with E-state index in [1.165, 1.54) is 42.1 Å². The predicted octanol–water partition coefficient (Wildman–Crippen LogP) is 3.26. The molecule has 0 saturated carbocycles. The number of anilines is 1. The van der Waals surface area contributed by atoms with E-state index in [4.69, 9.17) is 4.42 Å². The molecule has 2 heterocycles. The lowest BCUT2D eigenvalue weighted by molar-refractivity contribution is 0.507. The zero-order valence-corrected chi connectivity index (χ0v) is 16.5. The smallest absolute Gasteiger partial charge is 0.408 e. The Morgan fingerprint density at radius 3 is 2.72 bits per heavy atom. The number of halogens is 2. The van der Waals surface area contributed by atoms with Gasteiger partial charge in [-0.2, -0.15) is 0 Å². The molecule has 150 valence electrons. The summed E-state index contributed by atoms with van der Waals surface area (Å²) in [6, 6.07) is 7.66. The minimum Gasteiger partial charge on any atom is -0.408 e. The van der Waals surface area contributed by atoms with E-state index in [0.717, 1.165) is 23.5 Å². The van der Waals surface area contributed by atoms with Crippen LogP contribution in [0.3, 0.4) is 0 Å². The Hall–Kier alpha value is -3.05. The fourth-order valence-electron chi connectivity index (χ4n) is 2.74. The average molecular weight is 437 g/mol. The second-order valence-corrected chi connectivity index (χ2v) is 9.02. The molecule has 0 aliphatic carbocycles. The van der Waals surface area contributed by atoms with Crippen LogP contribution in [0, 0.1) is 11.6 Å². The second kappa shape index (κ2) is 7.08. The lowest BCUT2D eigenvalue weighted by Gasteiger charge is -2.05. The zero-order valence-electron chi connectivity index (χ0n) is 14.8. The number of sulfonamides is 1. The maximum absolute atomic E-state index is 13.3. The maximum Gasteiger partial charge on any atom is 0.419 e. The number of nitrogens with zero attached hydrogens (tertiary/aromatic N) is 2. The van der Waals surface area contributed by atoms with Gasteiger partial charge in [0.1, 0.15) is 0 Å². The fourth-order valence-corrected chi connectivity index (χ4v) is 4.85. The van der Waals surface area contributed by atoms with Gasteiger partial charge in [0, 0.05) is 30.6 Å². The zero-order chi connectivity index (χ0) is 20.8. The van der Waals surface area contributed by atoms with E-state index in [1.54, 1.807) is 0 Å². The van der Waals surface area contributed by atoms with Crippen molar-refractivity contribution in [3.8, 4) is 0 Å². The van der Waals surface area contributed by atoms with Gasteiger partial charge in [-0.05, 0) is 29.8 Å². The van der Waals surface area contributed by atoms with Gasteiger partial charge in [-0.1, -0.05) is 6.07 Å². The molecule has 0 unspecified atom stereocenters. The van der Waals surface area contributed by atoms with Crippen LogP contribution in [0.1, 0.15) is 10.4 Å². The Morgan fingerprint density at radius 1 is 1.17 bits per heavy atom. The van der Waals surface area contributed by atoms with Gasteiger partial charge in [0.2, 0.25) is 0 Å². The van der Waals surface area contributed by atoms with Crippen LogP contribution in [-0.4, -0.2) is 18.0 Å². The van der Waals surface area contributed by atoms with Crippen LogP contribution in [0.2, 0.25) is 0 Å². The van der Waals surface area contributed by atoms with Crippen molar-refractivity contribution in [2.45, 2.75) is 11.3 Å². The van der Waals surface area contributed by atoms with Crippen molar-refractivity contribution < 1.29 is 21.6 Å². The first-order valence-electron chi connectivity index (χ1n) is 8.24. The quantitative estimate of drug-likeness (QED) is 0.517. The van der Waals surface area contributed by atoms with Crippen LogP contribution in [0.4, 0.5) is 13.9 Å². The summed E-state index contributed by atoms with van der Waals surface area (Å²) < 4.78 is 60.3. The molecule has 7 nitrogen and oxygen atoms in total. The van der Waals surface area contributed by atoms with Gasteiger partial charge in [-0.3, -0.25) is 9.29 Å². The number of oxazole rings is 1. The fraction of sp³-hybridized carbons (Fsp3) is 0.111. The van der Waals surface area contributed by atoms with E-state index in [-0.39, 0.29) is 22.0 Å². The molecule has 0 aliphatic heterocycles.